The molecule has 4 aromatic rings. The van der Waals surface area contributed by atoms with E-state index in [-0.39, 0.29) is 11.7 Å². The molecule has 0 unspecified atom stereocenters. The molecule has 178 valence electrons. The minimum absolute atomic E-state index is 0.122. The zero-order chi connectivity index (χ0) is 24.6. The Balaban J connectivity index is 1.41. The first-order valence-electron chi connectivity index (χ1n) is 10.9. The van der Waals surface area contributed by atoms with Gasteiger partial charge >= 0.3 is 0 Å². The maximum Gasteiger partial charge on any atom is 0.250 e. The van der Waals surface area contributed by atoms with E-state index in [1.54, 1.807) is 24.3 Å². The first-order valence-corrected chi connectivity index (χ1v) is 11.9. The van der Waals surface area contributed by atoms with Crippen LogP contribution in [0.4, 0.5) is 0 Å². The van der Waals surface area contributed by atoms with E-state index < -0.39 is 12.6 Å². The molecule has 0 atom stereocenters. The van der Waals surface area contributed by atoms with Crippen LogP contribution in [0.2, 0.25) is 0 Å². The number of thioether (sulfide) groups is 1. The molecule has 8 nitrogen and oxygen atoms in total. The van der Waals surface area contributed by atoms with Gasteiger partial charge in [-0.25, -0.2) is 10.4 Å². The van der Waals surface area contributed by atoms with Crippen LogP contribution < -0.4 is 15.3 Å². The number of imidazole rings is 1. The summed E-state index contributed by atoms with van der Waals surface area (Å²) < 4.78 is 7.28. The minimum Gasteiger partial charge on any atom is -0.546 e. The van der Waals surface area contributed by atoms with E-state index in [0.717, 1.165) is 21.8 Å². The fraction of sp³-hybridized carbons (Fsp3) is 0.154. The Morgan fingerprint density at radius 2 is 1.83 bits per heavy atom. The van der Waals surface area contributed by atoms with Gasteiger partial charge in [0.15, 0.2) is 5.16 Å². The van der Waals surface area contributed by atoms with Gasteiger partial charge in [-0.2, -0.15) is 5.10 Å². The van der Waals surface area contributed by atoms with Gasteiger partial charge in [-0.05, 0) is 36.8 Å². The second-order valence-corrected chi connectivity index (χ2v) is 8.68. The van der Waals surface area contributed by atoms with E-state index in [4.69, 9.17) is 9.72 Å². The van der Waals surface area contributed by atoms with Gasteiger partial charge in [0.1, 0.15) is 12.4 Å². The van der Waals surface area contributed by atoms with Crippen molar-refractivity contribution in [1.29, 1.82) is 0 Å². The summed E-state index contributed by atoms with van der Waals surface area (Å²) >= 11 is 1.33. The van der Waals surface area contributed by atoms with Crippen LogP contribution in [0.5, 0.6) is 5.75 Å². The number of carboxylic acids is 1. The van der Waals surface area contributed by atoms with E-state index in [0.29, 0.717) is 17.9 Å². The summed E-state index contributed by atoms with van der Waals surface area (Å²) in [5.74, 6) is -1.17. The van der Waals surface area contributed by atoms with E-state index in [1.165, 1.54) is 23.5 Å². The fourth-order valence-electron chi connectivity index (χ4n) is 3.38. The second-order valence-electron chi connectivity index (χ2n) is 7.74. The van der Waals surface area contributed by atoms with E-state index in [2.05, 4.69) is 46.3 Å². The van der Waals surface area contributed by atoms with Crippen LogP contribution in [0.25, 0.3) is 11.0 Å². The number of hydrogen-bond acceptors (Lipinski definition) is 7. The number of amides is 1. The van der Waals surface area contributed by atoms with Gasteiger partial charge in [0.2, 0.25) is 0 Å². The van der Waals surface area contributed by atoms with E-state index in [9.17, 15) is 14.7 Å². The summed E-state index contributed by atoms with van der Waals surface area (Å²) in [5, 5.41) is 15.4. The number of hydrazone groups is 1. The Hall–Kier alpha value is -4.11. The summed E-state index contributed by atoms with van der Waals surface area (Å²) in [4.78, 5) is 27.8. The standard InChI is InChI=1S/C26H24N4O4S/c1-18-10-12-19(13-11-18)15-30-22-8-4-3-7-21(22)28-26(30)35-17-24(31)29-27-14-20-6-2-5-9-23(20)34-16-25(32)33/h2-14H,15-17H2,1H3,(H,29,31)(H,32,33)/p-1. The molecule has 1 N–H and O–H groups in total. The second kappa shape index (κ2) is 11.3. The highest BCUT2D eigenvalue weighted by Crippen LogP contribution is 2.25. The van der Waals surface area contributed by atoms with Crippen molar-refractivity contribution in [2.75, 3.05) is 12.4 Å². The highest BCUT2D eigenvalue weighted by atomic mass is 32.2. The molecule has 0 bridgehead atoms. The van der Waals surface area contributed by atoms with Gasteiger partial charge in [-0.1, -0.05) is 65.9 Å². The quantitative estimate of drug-likeness (QED) is 0.209. The third-order valence-electron chi connectivity index (χ3n) is 5.07. The molecular formula is C26H23N4O4S-. The van der Waals surface area contributed by atoms with Crippen molar-refractivity contribution in [2.24, 2.45) is 5.10 Å². The Kier molecular flexibility index (Phi) is 7.79. The molecule has 0 aliphatic rings. The number of rotatable bonds is 10. The van der Waals surface area contributed by atoms with Crippen molar-refractivity contribution in [2.45, 2.75) is 18.6 Å². The molecule has 0 saturated carbocycles. The van der Waals surface area contributed by atoms with Crippen molar-refractivity contribution in [3.63, 3.8) is 0 Å². The van der Waals surface area contributed by atoms with Gasteiger partial charge < -0.3 is 19.2 Å². The number of carboxylic acid groups (broad SMARTS) is 1. The highest BCUT2D eigenvalue weighted by molar-refractivity contribution is 7.99. The largest absolute Gasteiger partial charge is 0.546 e. The minimum atomic E-state index is -1.32. The average molecular weight is 488 g/mol. The summed E-state index contributed by atoms with van der Waals surface area (Å²) in [7, 11) is 0. The first kappa shape index (κ1) is 24.0. The van der Waals surface area contributed by atoms with Gasteiger partial charge in [-0.15, -0.1) is 0 Å². The molecule has 1 amide bonds. The van der Waals surface area contributed by atoms with E-state index >= 15 is 0 Å². The number of hydrogen-bond donors (Lipinski definition) is 1. The van der Waals surface area contributed by atoms with Crippen LogP contribution in [0.1, 0.15) is 16.7 Å². The third-order valence-corrected chi connectivity index (χ3v) is 6.05. The first-order chi connectivity index (χ1) is 17.0. The number of para-hydroxylation sites is 3. The van der Waals surface area contributed by atoms with Gasteiger partial charge in [0.05, 0.1) is 35.5 Å². The predicted octanol–water partition coefficient (Wildman–Crippen LogP) is 2.76. The van der Waals surface area contributed by atoms with Gasteiger partial charge in [-0.3, -0.25) is 4.79 Å². The lowest BCUT2D eigenvalue weighted by atomic mass is 10.1. The molecule has 0 spiro atoms. The van der Waals surface area contributed by atoms with Crippen LogP contribution in [-0.2, 0) is 16.1 Å². The zero-order valence-electron chi connectivity index (χ0n) is 19.0. The molecule has 0 radical (unpaired) electrons. The molecule has 0 saturated heterocycles. The van der Waals surface area contributed by atoms with Gasteiger partial charge in [0.25, 0.3) is 5.91 Å². The van der Waals surface area contributed by atoms with Crippen molar-refractivity contribution in [3.05, 3.63) is 89.5 Å². The average Bonchev–Trinajstić information content (AvgIpc) is 3.20. The topological polar surface area (TPSA) is 109 Å². The monoisotopic (exact) mass is 487 g/mol. The number of aliphatic carboxylic acids is 1. The maximum absolute atomic E-state index is 12.4. The number of benzene rings is 3. The Morgan fingerprint density at radius 3 is 2.63 bits per heavy atom. The highest BCUT2D eigenvalue weighted by Gasteiger charge is 2.13. The summed E-state index contributed by atoms with van der Waals surface area (Å²) in [6.45, 7) is 2.13. The number of aryl methyl sites for hydroxylation is 1. The third kappa shape index (κ3) is 6.48. The molecule has 35 heavy (non-hydrogen) atoms. The Morgan fingerprint density at radius 1 is 1.09 bits per heavy atom. The molecule has 0 fully saturated rings. The number of nitrogens with zero attached hydrogens (tertiary/aromatic N) is 3. The number of nitrogens with one attached hydrogen (secondary N) is 1. The molecule has 0 aliphatic heterocycles. The molecule has 1 heterocycles. The number of aromatic nitrogens is 2. The molecule has 4 rings (SSSR count). The van der Waals surface area contributed by atoms with Crippen molar-refractivity contribution in [3.8, 4) is 5.75 Å². The van der Waals surface area contributed by atoms with Crippen LogP contribution in [0.15, 0.2) is 83.1 Å². The predicted molar refractivity (Wildman–Crippen MR) is 133 cm³/mol. The molecule has 9 heteroatoms. The molecular weight excluding hydrogens is 464 g/mol. The number of ether oxygens (including phenoxy) is 1. The van der Waals surface area contributed by atoms with Crippen LogP contribution in [0.3, 0.4) is 0 Å². The molecule has 0 aliphatic carbocycles. The molecule has 1 aromatic heterocycles. The number of fused-ring (bicyclic) bond motifs is 1. The van der Waals surface area contributed by atoms with E-state index in [1.807, 2.05) is 24.3 Å². The molecule has 3 aromatic carbocycles. The lowest BCUT2D eigenvalue weighted by Crippen LogP contribution is -2.29. The normalized spacial score (nSPS) is 11.1. The lowest BCUT2D eigenvalue weighted by molar-refractivity contribution is -0.307. The SMILES string of the molecule is Cc1ccc(Cn2c(SCC(=O)NN=Cc3ccccc3OCC(=O)[O-])nc3ccccc32)cc1. The van der Waals surface area contributed by atoms with Crippen molar-refractivity contribution in [1.82, 2.24) is 15.0 Å². The maximum atomic E-state index is 12.4. The fourth-order valence-corrected chi connectivity index (χ4v) is 4.19. The van der Waals surface area contributed by atoms with Crippen molar-refractivity contribution < 1.29 is 19.4 Å². The van der Waals surface area contributed by atoms with Crippen LogP contribution in [-0.4, -0.2) is 40.0 Å². The summed E-state index contributed by atoms with van der Waals surface area (Å²) in [5.41, 5.74) is 7.24. The van der Waals surface area contributed by atoms with Crippen LogP contribution in [0, 0.1) is 6.92 Å². The smallest absolute Gasteiger partial charge is 0.250 e. The van der Waals surface area contributed by atoms with Gasteiger partial charge in [0, 0.05) is 5.56 Å². The summed E-state index contributed by atoms with van der Waals surface area (Å²) in [6, 6.07) is 23.0. The number of carbonyl (C=O) groups is 2. The lowest BCUT2D eigenvalue weighted by Gasteiger charge is -2.10. The Bertz CT molecular complexity index is 1370. The number of carbonyl (C=O) groups excluding carboxylic acids is 2. The summed E-state index contributed by atoms with van der Waals surface area (Å²) in [6.07, 6.45) is 1.40. The van der Waals surface area contributed by atoms with Crippen molar-refractivity contribution >= 4 is 40.9 Å². The zero-order valence-corrected chi connectivity index (χ0v) is 19.8. The Labute approximate surface area is 206 Å². The van der Waals surface area contributed by atoms with Crippen LogP contribution >= 0.6 is 11.8 Å².